The molecule has 1 aliphatic heterocycles. The molecule has 0 atom stereocenters. The van der Waals surface area contributed by atoms with Gasteiger partial charge in [0.2, 0.25) is 0 Å². The maximum absolute atomic E-state index is 12.4. The molecule has 0 saturated carbocycles. The van der Waals surface area contributed by atoms with Crippen LogP contribution in [0.15, 0.2) is 0 Å². The number of alkyl halides is 4. The zero-order valence-corrected chi connectivity index (χ0v) is 8.32. The van der Waals surface area contributed by atoms with Crippen molar-refractivity contribution in [1.82, 2.24) is 5.32 Å². The first kappa shape index (κ1) is 12.7. The number of hydrogen-bond acceptors (Lipinski definition) is 2. The van der Waals surface area contributed by atoms with E-state index in [1.54, 1.807) is 0 Å². The lowest BCUT2D eigenvalue weighted by atomic mass is 9.99. The molecule has 15 heavy (non-hydrogen) atoms. The standard InChI is InChI=1S/C9H15F4NO/c10-8(11)9(12,13)6-15-5-7-1-3-14-4-2-7/h7-8,14H,1-6H2. The fraction of sp³-hybridized carbons (Fsp3) is 1.00. The maximum Gasteiger partial charge on any atom is 0.330 e. The van der Waals surface area contributed by atoms with E-state index in [0.717, 1.165) is 25.9 Å². The quantitative estimate of drug-likeness (QED) is 0.727. The summed E-state index contributed by atoms with van der Waals surface area (Å²) in [5.41, 5.74) is 0. The molecule has 1 N–H and O–H groups in total. The summed E-state index contributed by atoms with van der Waals surface area (Å²) in [6, 6.07) is 0. The Morgan fingerprint density at radius 2 is 1.87 bits per heavy atom. The van der Waals surface area contributed by atoms with Crippen molar-refractivity contribution < 1.29 is 22.3 Å². The van der Waals surface area contributed by atoms with E-state index in [1.165, 1.54) is 0 Å². The number of nitrogens with one attached hydrogen (secondary N) is 1. The van der Waals surface area contributed by atoms with Crippen molar-refractivity contribution in [3.05, 3.63) is 0 Å². The SMILES string of the molecule is FC(F)C(F)(F)COCC1CCNCC1. The molecule has 1 fully saturated rings. The number of rotatable bonds is 5. The Hall–Kier alpha value is -0.360. The molecule has 0 spiro atoms. The molecule has 0 bridgehead atoms. The van der Waals surface area contributed by atoms with E-state index in [2.05, 4.69) is 10.1 Å². The zero-order valence-electron chi connectivity index (χ0n) is 8.32. The van der Waals surface area contributed by atoms with E-state index in [4.69, 9.17) is 0 Å². The van der Waals surface area contributed by atoms with Crippen LogP contribution in [0.3, 0.4) is 0 Å². The van der Waals surface area contributed by atoms with Crippen molar-refractivity contribution in [3.8, 4) is 0 Å². The van der Waals surface area contributed by atoms with Crippen LogP contribution >= 0.6 is 0 Å². The fourth-order valence-electron chi connectivity index (χ4n) is 1.47. The van der Waals surface area contributed by atoms with Crippen LogP contribution in [-0.2, 0) is 4.74 Å². The highest BCUT2D eigenvalue weighted by molar-refractivity contribution is 4.71. The van der Waals surface area contributed by atoms with Crippen molar-refractivity contribution in [2.24, 2.45) is 5.92 Å². The van der Waals surface area contributed by atoms with Crippen LogP contribution in [0.5, 0.6) is 0 Å². The highest BCUT2D eigenvalue weighted by atomic mass is 19.3. The monoisotopic (exact) mass is 229 g/mol. The summed E-state index contributed by atoms with van der Waals surface area (Å²) >= 11 is 0. The molecule has 0 aromatic heterocycles. The van der Waals surface area contributed by atoms with Gasteiger partial charge in [-0.15, -0.1) is 0 Å². The predicted octanol–water partition coefficient (Wildman–Crippen LogP) is 1.90. The highest BCUT2D eigenvalue weighted by Crippen LogP contribution is 2.23. The summed E-state index contributed by atoms with van der Waals surface area (Å²) in [6.45, 7) is 0.622. The average Bonchev–Trinajstić information content (AvgIpc) is 2.19. The van der Waals surface area contributed by atoms with Gasteiger partial charge in [-0.3, -0.25) is 0 Å². The third kappa shape index (κ3) is 4.34. The van der Waals surface area contributed by atoms with Gasteiger partial charge in [0.25, 0.3) is 0 Å². The molecule has 0 radical (unpaired) electrons. The third-order valence-corrected chi connectivity index (χ3v) is 2.43. The summed E-state index contributed by atoms with van der Waals surface area (Å²) in [6.07, 6.45) is -1.95. The normalized spacial score (nSPS) is 19.8. The first-order valence-electron chi connectivity index (χ1n) is 4.97. The Morgan fingerprint density at radius 1 is 1.27 bits per heavy atom. The van der Waals surface area contributed by atoms with Gasteiger partial charge in [0.05, 0.1) is 0 Å². The topological polar surface area (TPSA) is 21.3 Å². The number of hydrogen-bond donors (Lipinski definition) is 1. The Bertz CT molecular complexity index is 183. The van der Waals surface area contributed by atoms with Gasteiger partial charge in [0.1, 0.15) is 6.61 Å². The molecular formula is C9H15F4NO. The second-order valence-electron chi connectivity index (χ2n) is 3.77. The van der Waals surface area contributed by atoms with Crippen molar-refractivity contribution >= 4 is 0 Å². The molecule has 0 aliphatic carbocycles. The largest absolute Gasteiger partial charge is 0.375 e. The summed E-state index contributed by atoms with van der Waals surface area (Å²) in [4.78, 5) is 0. The van der Waals surface area contributed by atoms with Crippen molar-refractivity contribution in [2.45, 2.75) is 25.2 Å². The molecule has 1 saturated heterocycles. The van der Waals surface area contributed by atoms with E-state index in [9.17, 15) is 17.6 Å². The Morgan fingerprint density at radius 3 is 2.40 bits per heavy atom. The van der Waals surface area contributed by atoms with Crippen molar-refractivity contribution in [2.75, 3.05) is 26.3 Å². The molecule has 1 aliphatic rings. The maximum atomic E-state index is 12.4. The molecule has 0 aromatic rings. The minimum Gasteiger partial charge on any atom is -0.375 e. The van der Waals surface area contributed by atoms with Crippen LogP contribution in [0.1, 0.15) is 12.8 Å². The fourth-order valence-corrected chi connectivity index (χ4v) is 1.47. The van der Waals surface area contributed by atoms with E-state index in [-0.39, 0.29) is 12.5 Å². The molecule has 0 amide bonds. The van der Waals surface area contributed by atoms with Gasteiger partial charge in [0, 0.05) is 6.61 Å². The molecule has 2 nitrogen and oxygen atoms in total. The lowest BCUT2D eigenvalue weighted by Crippen LogP contribution is -2.35. The molecule has 0 aromatic carbocycles. The van der Waals surface area contributed by atoms with Gasteiger partial charge >= 0.3 is 12.3 Å². The minimum atomic E-state index is -4.02. The second kappa shape index (κ2) is 5.65. The van der Waals surface area contributed by atoms with Gasteiger partial charge in [-0.05, 0) is 31.8 Å². The Kier molecular flexibility index (Phi) is 4.79. The number of halogens is 4. The lowest BCUT2D eigenvalue weighted by Gasteiger charge is -2.23. The number of piperidine rings is 1. The van der Waals surface area contributed by atoms with Crippen molar-refractivity contribution in [3.63, 3.8) is 0 Å². The molecule has 1 heterocycles. The van der Waals surface area contributed by atoms with Crippen LogP contribution in [0.4, 0.5) is 17.6 Å². The molecule has 0 unspecified atom stereocenters. The third-order valence-electron chi connectivity index (χ3n) is 2.43. The Balaban J connectivity index is 2.14. The minimum absolute atomic E-state index is 0.143. The van der Waals surface area contributed by atoms with Crippen LogP contribution in [0.25, 0.3) is 0 Å². The first-order chi connectivity index (χ1) is 7.02. The van der Waals surface area contributed by atoms with E-state index in [1.807, 2.05) is 0 Å². The van der Waals surface area contributed by atoms with Crippen LogP contribution in [0.2, 0.25) is 0 Å². The van der Waals surface area contributed by atoms with Crippen LogP contribution in [-0.4, -0.2) is 38.7 Å². The van der Waals surface area contributed by atoms with E-state index >= 15 is 0 Å². The summed E-state index contributed by atoms with van der Waals surface area (Å²) < 4.78 is 52.9. The summed E-state index contributed by atoms with van der Waals surface area (Å²) in [5.74, 6) is -3.81. The van der Waals surface area contributed by atoms with Gasteiger partial charge in [-0.25, -0.2) is 8.78 Å². The zero-order chi connectivity index (χ0) is 11.3. The van der Waals surface area contributed by atoms with Crippen molar-refractivity contribution in [1.29, 1.82) is 0 Å². The molecular weight excluding hydrogens is 214 g/mol. The number of ether oxygens (including phenoxy) is 1. The average molecular weight is 229 g/mol. The predicted molar refractivity (Wildman–Crippen MR) is 47.4 cm³/mol. The second-order valence-corrected chi connectivity index (χ2v) is 3.77. The van der Waals surface area contributed by atoms with E-state index in [0.29, 0.717) is 0 Å². The van der Waals surface area contributed by atoms with E-state index < -0.39 is 19.0 Å². The van der Waals surface area contributed by atoms with Crippen LogP contribution < -0.4 is 5.32 Å². The first-order valence-corrected chi connectivity index (χ1v) is 4.97. The molecule has 1 rings (SSSR count). The van der Waals surface area contributed by atoms with Gasteiger partial charge in [0.15, 0.2) is 0 Å². The highest BCUT2D eigenvalue weighted by Gasteiger charge is 2.41. The smallest absolute Gasteiger partial charge is 0.330 e. The van der Waals surface area contributed by atoms with Gasteiger partial charge in [-0.1, -0.05) is 0 Å². The molecule has 90 valence electrons. The lowest BCUT2D eigenvalue weighted by molar-refractivity contribution is -0.168. The molecule has 6 heteroatoms. The van der Waals surface area contributed by atoms with Crippen LogP contribution in [0, 0.1) is 5.92 Å². The summed E-state index contributed by atoms with van der Waals surface area (Å²) in [7, 11) is 0. The summed E-state index contributed by atoms with van der Waals surface area (Å²) in [5, 5.41) is 3.12. The van der Waals surface area contributed by atoms with Gasteiger partial charge in [-0.2, -0.15) is 8.78 Å². The Labute approximate surface area is 86.0 Å². The van der Waals surface area contributed by atoms with Gasteiger partial charge < -0.3 is 10.1 Å².